The Bertz CT molecular complexity index is 1090. The summed E-state index contributed by atoms with van der Waals surface area (Å²) in [5, 5.41) is 8.90. The molecule has 0 saturated heterocycles. The van der Waals surface area contributed by atoms with Crippen LogP contribution >= 0.6 is 23.2 Å². The van der Waals surface area contributed by atoms with E-state index < -0.39 is 0 Å². The fourth-order valence-corrected chi connectivity index (χ4v) is 4.80. The van der Waals surface area contributed by atoms with Crippen LogP contribution in [0.2, 0.25) is 10.0 Å². The molecule has 0 amide bonds. The average Bonchev–Trinajstić information content (AvgIpc) is 3.17. The van der Waals surface area contributed by atoms with Crippen molar-refractivity contribution in [2.24, 2.45) is 11.0 Å². The van der Waals surface area contributed by atoms with Crippen LogP contribution in [-0.4, -0.2) is 5.71 Å². The summed E-state index contributed by atoms with van der Waals surface area (Å²) in [6.45, 7) is 0. The summed E-state index contributed by atoms with van der Waals surface area (Å²) in [5.74, 6) is 0.360. The molecule has 0 N–H and O–H groups in total. The van der Waals surface area contributed by atoms with Crippen LogP contribution in [0.25, 0.3) is 6.08 Å². The second kappa shape index (κ2) is 8.29. The Morgan fingerprint density at radius 3 is 2.20 bits per heavy atom. The van der Waals surface area contributed by atoms with Gasteiger partial charge in [-0.3, -0.25) is 5.01 Å². The molecule has 0 unspecified atom stereocenters. The number of halogens is 2. The van der Waals surface area contributed by atoms with Crippen LogP contribution in [0.1, 0.15) is 36.4 Å². The lowest BCUT2D eigenvalue weighted by atomic mass is 9.77. The van der Waals surface area contributed by atoms with Crippen molar-refractivity contribution in [2.45, 2.75) is 25.3 Å². The standard InChI is InChI=1S/C26H22Cl2N2/c27-21-13-9-18(10-14-21)17-20-5-4-8-24-25(20)29-30(23-6-2-1-3-7-23)26(24)19-11-15-22(28)16-12-19/h1-3,6-7,9-17,24,26H,4-5,8H2/b20-17+/t24-,26-/m0/s1. The molecule has 1 saturated carbocycles. The summed E-state index contributed by atoms with van der Waals surface area (Å²) in [4.78, 5) is 0. The van der Waals surface area contributed by atoms with Gasteiger partial charge in [-0.05, 0) is 78.4 Å². The molecule has 2 atom stereocenters. The molecule has 2 aliphatic rings. The second-order valence-corrected chi connectivity index (χ2v) is 8.75. The van der Waals surface area contributed by atoms with Gasteiger partial charge >= 0.3 is 0 Å². The average molecular weight is 433 g/mol. The van der Waals surface area contributed by atoms with Crippen LogP contribution in [0, 0.1) is 5.92 Å². The van der Waals surface area contributed by atoms with Gasteiger partial charge in [0.05, 0.1) is 17.4 Å². The number of hydrazone groups is 1. The van der Waals surface area contributed by atoms with E-state index in [0.717, 1.165) is 35.0 Å². The largest absolute Gasteiger partial charge is 0.257 e. The highest BCUT2D eigenvalue weighted by atomic mass is 35.5. The highest BCUT2D eigenvalue weighted by Gasteiger charge is 2.41. The topological polar surface area (TPSA) is 15.6 Å². The quantitative estimate of drug-likeness (QED) is 0.412. The third-order valence-corrected chi connectivity index (χ3v) is 6.45. The molecular formula is C26H22Cl2N2. The number of benzene rings is 3. The van der Waals surface area contributed by atoms with Crippen molar-refractivity contribution >= 4 is 40.7 Å². The second-order valence-electron chi connectivity index (χ2n) is 7.88. The first-order valence-electron chi connectivity index (χ1n) is 10.3. The van der Waals surface area contributed by atoms with Gasteiger partial charge in [0.25, 0.3) is 0 Å². The lowest BCUT2D eigenvalue weighted by molar-refractivity contribution is 0.488. The summed E-state index contributed by atoms with van der Waals surface area (Å²) in [5.41, 5.74) is 6.06. The van der Waals surface area contributed by atoms with Crippen LogP contribution in [-0.2, 0) is 0 Å². The Hall–Kier alpha value is -2.55. The van der Waals surface area contributed by atoms with Gasteiger partial charge in [0, 0.05) is 16.0 Å². The van der Waals surface area contributed by atoms with Gasteiger partial charge in [0.15, 0.2) is 0 Å². The van der Waals surface area contributed by atoms with Crippen molar-refractivity contribution in [1.29, 1.82) is 0 Å². The fourth-order valence-electron chi connectivity index (χ4n) is 4.55. The van der Waals surface area contributed by atoms with E-state index in [4.69, 9.17) is 28.3 Å². The molecule has 2 nitrogen and oxygen atoms in total. The molecule has 0 radical (unpaired) electrons. The van der Waals surface area contributed by atoms with Crippen LogP contribution in [0.4, 0.5) is 5.69 Å². The number of rotatable bonds is 3. The summed E-state index contributed by atoms with van der Waals surface area (Å²) in [7, 11) is 0. The fraction of sp³-hybridized carbons (Fsp3) is 0.192. The molecule has 3 aromatic carbocycles. The van der Waals surface area contributed by atoms with Crippen molar-refractivity contribution in [2.75, 3.05) is 5.01 Å². The van der Waals surface area contributed by atoms with E-state index in [1.54, 1.807) is 0 Å². The first-order valence-corrected chi connectivity index (χ1v) is 11.1. The first kappa shape index (κ1) is 19.4. The third-order valence-electron chi connectivity index (χ3n) is 5.94. The van der Waals surface area contributed by atoms with E-state index in [1.807, 2.05) is 30.3 Å². The van der Waals surface area contributed by atoms with Crippen LogP contribution in [0.15, 0.2) is 89.5 Å². The highest BCUT2D eigenvalue weighted by molar-refractivity contribution is 6.30. The highest BCUT2D eigenvalue weighted by Crippen LogP contribution is 2.46. The van der Waals surface area contributed by atoms with Crippen molar-refractivity contribution in [1.82, 2.24) is 0 Å². The first-order chi connectivity index (χ1) is 14.7. The van der Waals surface area contributed by atoms with Crippen molar-refractivity contribution < 1.29 is 0 Å². The monoisotopic (exact) mass is 432 g/mol. The van der Waals surface area contributed by atoms with Gasteiger partial charge in [0.1, 0.15) is 0 Å². The summed E-state index contributed by atoms with van der Waals surface area (Å²) >= 11 is 12.2. The van der Waals surface area contributed by atoms with E-state index in [9.17, 15) is 0 Å². The molecule has 0 spiro atoms. The Labute approximate surface area is 187 Å². The molecule has 30 heavy (non-hydrogen) atoms. The number of nitrogens with zero attached hydrogens (tertiary/aromatic N) is 2. The Balaban J connectivity index is 1.58. The third kappa shape index (κ3) is 3.78. The molecule has 3 aromatic rings. The minimum Gasteiger partial charge on any atom is -0.257 e. The predicted octanol–water partition coefficient (Wildman–Crippen LogP) is 7.79. The predicted molar refractivity (Wildman–Crippen MR) is 127 cm³/mol. The van der Waals surface area contributed by atoms with Gasteiger partial charge in [-0.1, -0.05) is 65.7 Å². The minimum atomic E-state index is 0.175. The molecule has 1 aliphatic heterocycles. The normalized spacial score (nSPS) is 22.1. The molecule has 1 fully saturated rings. The van der Waals surface area contributed by atoms with Crippen LogP contribution in [0.3, 0.4) is 0 Å². The molecule has 5 rings (SSSR count). The van der Waals surface area contributed by atoms with Gasteiger partial charge in [-0.25, -0.2) is 0 Å². The zero-order valence-corrected chi connectivity index (χ0v) is 18.0. The Morgan fingerprint density at radius 2 is 1.50 bits per heavy atom. The van der Waals surface area contributed by atoms with Gasteiger partial charge in [0.2, 0.25) is 0 Å². The summed E-state index contributed by atoms with van der Waals surface area (Å²) in [6.07, 6.45) is 5.62. The van der Waals surface area contributed by atoms with E-state index >= 15 is 0 Å². The van der Waals surface area contributed by atoms with Gasteiger partial charge in [-0.15, -0.1) is 0 Å². The number of hydrogen-bond donors (Lipinski definition) is 0. The van der Waals surface area contributed by atoms with E-state index in [0.29, 0.717) is 5.92 Å². The molecular weight excluding hydrogens is 411 g/mol. The molecule has 0 bridgehead atoms. The van der Waals surface area contributed by atoms with E-state index in [-0.39, 0.29) is 6.04 Å². The molecule has 0 aromatic heterocycles. The van der Waals surface area contributed by atoms with Crippen LogP contribution < -0.4 is 5.01 Å². The Kier molecular flexibility index (Phi) is 5.37. The maximum atomic E-state index is 6.17. The maximum absolute atomic E-state index is 6.17. The summed E-state index contributed by atoms with van der Waals surface area (Å²) < 4.78 is 0. The zero-order valence-electron chi connectivity index (χ0n) is 16.5. The minimum absolute atomic E-state index is 0.175. The van der Waals surface area contributed by atoms with E-state index in [1.165, 1.54) is 22.4 Å². The lowest BCUT2D eigenvalue weighted by Gasteiger charge is -2.30. The van der Waals surface area contributed by atoms with Gasteiger partial charge < -0.3 is 0 Å². The van der Waals surface area contributed by atoms with Crippen molar-refractivity contribution in [3.63, 3.8) is 0 Å². The van der Waals surface area contributed by atoms with Crippen LogP contribution in [0.5, 0.6) is 0 Å². The molecule has 150 valence electrons. The number of para-hydroxylation sites is 1. The Morgan fingerprint density at radius 1 is 0.833 bits per heavy atom. The van der Waals surface area contributed by atoms with Gasteiger partial charge in [-0.2, -0.15) is 5.10 Å². The lowest BCUT2D eigenvalue weighted by Crippen LogP contribution is -2.28. The smallest absolute Gasteiger partial charge is 0.0859 e. The van der Waals surface area contributed by atoms with Crippen molar-refractivity contribution in [3.8, 4) is 0 Å². The number of fused-ring (bicyclic) bond motifs is 1. The maximum Gasteiger partial charge on any atom is 0.0859 e. The van der Waals surface area contributed by atoms with Crippen molar-refractivity contribution in [3.05, 3.63) is 106 Å². The summed E-state index contributed by atoms with van der Waals surface area (Å²) in [6, 6.07) is 26.9. The molecule has 1 heterocycles. The zero-order chi connectivity index (χ0) is 20.5. The SMILES string of the molecule is Clc1ccc(/C=C2\CCC[C@H]3C2=NN(c2ccccc2)[C@H]3c2ccc(Cl)cc2)cc1. The van der Waals surface area contributed by atoms with E-state index in [2.05, 4.69) is 59.6 Å². The molecule has 1 aliphatic carbocycles. The number of anilines is 1. The molecule has 4 heteroatoms. The number of hydrogen-bond acceptors (Lipinski definition) is 2. The number of allylic oxidation sites excluding steroid dienone is 1.